The zero-order valence-electron chi connectivity index (χ0n) is 37.3. The summed E-state index contributed by atoms with van der Waals surface area (Å²) < 4.78 is 2.38. The second kappa shape index (κ2) is 16.5. The van der Waals surface area contributed by atoms with Gasteiger partial charge in [0, 0.05) is 33.5 Å². The third-order valence-corrected chi connectivity index (χ3v) is 13.8. The van der Waals surface area contributed by atoms with Crippen molar-refractivity contribution in [1.82, 2.24) is 4.57 Å². The molecule has 0 fully saturated rings. The summed E-state index contributed by atoms with van der Waals surface area (Å²) >= 11 is 0. The van der Waals surface area contributed by atoms with Gasteiger partial charge in [-0.05, 0) is 137 Å². The first-order chi connectivity index (χ1) is 33.8. The molecule has 13 aromatic rings. The molecule has 0 amide bonds. The van der Waals surface area contributed by atoms with Crippen LogP contribution in [0.25, 0.3) is 104 Å². The second-order valence-electron chi connectivity index (χ2n) is 17.6. The van der Waals surface area contributed by atoms with Gasteiger partial charge in [-0.15, -0.1) is 0 Å². The lowest BCUT2D eigenvalue weighted by molar-refractivity contribution is 1.18. The maximum Gasteiger partial charge on any atom is 0.0542 e. The molecular weight excluding hydrogens is 821 g/mol. The van der Waals surface area contributed by atoms with Crippen LogP contribution in [0.1, 0.15) is 0 Å². The minimum absolute atomic E-state index is 1.08. The number of para-hydroxylation sites is 2. The Labute approximate surface area is 395 Å². The van der Waals surface area contributed by atoms with Gasteiger partial charge in [0.15, 0.2) is 0 Å². The molecule has 12 aromatic carbocycles. The maximum absolute atomic E-state index is 2.41. The molecule has 0 spiro atoms. The van der Waals surface area contributed by atoms with Gasteiger partial charge in [-0.25, -0.2) is 0 Å². The number of anilines is 3. The molecular formula is C66H44N2. The van der Waals surface area contributed by atoms with E-state index in [1.54, 1.807) is 0 Å². The van der Waals surface area contributed by atoms with Crippen LogP contribution in [-0.4, -0.2) is 4.57 Å². The predicted octanol–water partition coefficient (Wildman–Crippen LogP) is 18.4. The Kier molecular flexibility index (Phi) is 9.54. The Morgan fingerprint density at radius 2 is 0.706 bits per heavy atom. The van der Waals surface area contributed by atoms with E-state index in [2.05, 4.69) is 276 Å². The Morgan fingerprint density at radius 3 is 1.38 bits per heavy atom. The number of hydrogen-bond donors (Lipinski definition) is 0. The SMILES string of the molecule is c1ccc(-c2ccccc2-c2c3ccccc3c(-c3ccc(N(c4ccc(-c5cccc6ccccc56)cc4)c4ccc5c(c4)c4ccccc4n5-c4ccccc4)cc3)c3ccccc23)cc1. The van der Waals surface area contributed by atoms with Gasteiger partial charge in [-0.1, -0.05) is 206 Å². The van der Waals surface area contributed by atoms with Crippen LogP contribution >= 0.6 is 0 Å². The number of nitrogens with zero attached hydrogens (tertiary/aromatic N) is 2. The van der Waals surface area contributed by atoms with E-state index < -0.39 is 0 Å². The largest absolute Gasteiger partial charge is 0.310 e. The summed E-state index contributed by atoms with van der Waals surface area (Å²) in [5.74, 6) is 0. The highest BCUT2D eigenvalue weighted by Gasteiger charge is 2.21. The van der Waals surface area contributed by atoms with Crippen LogP contribution < -0.4 is 4.90 Å². The maximum atomic E-state index is 2.41. The van der Waals surface area contributed by atoms with Gasteiger partial charge >= 0.3 is 0 Å². The molecule has 0 saturated heterocycles. The van der Waals surface area contributed by atoms with Crippen LogP contribution in [0.4, 0.5) is 17.1 Å². The third-order valence-electron chi connectivity index (χ3n) is 13.8. The third kappa shape index (κ3) is 6.57. The molecule has 0 atom stereocenters. The number of benzene rings is 12. The standard InChI is InChI=1S/C66H44N2/c1-3-18-45(19-4-1)55-25-9-10-27-57(55)66-60-30-13-11-28-58(60)65(59-29-12-14-31-61(59)66)48-36-40-51(41-37-48)67(50-38-34-47(35-39-50)54-32-17-21-46-20-7-8-24-53(46)54)52-42-43-64-62(44-52)56-26-15-16-33-63(56)68(64)49-22-5-2-6-23-49/h1-44H. The first kappa shape index (κ1) is 39.4. The van der Waals surface area contributed by atoms with Crippen LogP contribution in [0.2, 0.25) is 0 Å². The van der Waals surface area contributed by atoms with Gasteiger partial charge in [0.25, 0.3) is 0 Å². The summed E-state index contributed by atoms with van der Waals surface area (Å²) in [7, 11) is 0. The van der Waals surface area contributed by atoms with Gasteiger partial charge in [0.1, 0.15) is 0 Å². The van der Waals surface area contributed by atoms with E-state index >= 15 is 0 Å². The summed E-state index contributed by atoms with van der Waals surface area (Å²) in [5.41, 5.74) is 16.6. The van der Waals surface area contributed by atoms with E-state index in [1.165, 1.54) is 98.6 Å². The zero-order chi connectivity index (χ0) is 45.0. The molecule has 2 heteroatoms. The van der Waals surface area contributed by atoms with E-state index in [0.717, 1.165) is 22.7 Å². The molecule has 1 heterocycles. The highest BCUT2D eigenvalue weighted by molar-refractivity contribution is 6.22. The summed E-state index contributed by atoms with van der Waals surface area (Å²) in [6.45, 7) is 0. The fourth-order valence-electron chi connectivity index (χ4n) is 10.7. The zero-order valence-corrected chi connectivity index (χ0v) is 37.3. The molecule has 0 unspecified atom stereocenters. The highest BCUT2D eigenvalue weighted by Crippen LogP contribution is 2.47. The van der Waals surface area contributed by atoms with Crippen molar-refractivity contribution in [3.8, 4) is 50.2 Å². The van der Waals surface area contributed by atoms with Crippen LogP contribution in [0, 0.1) is 0 Å². The average Bonchev–Trinajstić information content (AvgIpc) is 3.75. The fourth-order valence-corrected chi connectivity index (χ4v) is 10.7. The number of hydrogen-bond acceptors (Lipinski definition) is 1. The lowest BCUT2D eigenvalue weighted by Crippen LogP contribution is -2.10. The van der Waals surface area contributed by atoms with Crippen LogP contribution in [-0.2, 0) is 0 Å². The summed E-state index contributed by atoms with van der Waals surface area (Å²) in [5, 5.41) is 9.88. The normalized spacial score (nSPS) is 11.5. The molecule has 0 aliphatic rings. The Bertz CT molecular complexity index is 3940. The predicted molar refractivity (Wildman–Crippen MR) is 290 cm³/mol. The number of fused-ring (bicyclic) bond motifs is 6. The van der Waals surface area contributed by atoms with Gasteiger partial charge in [-0.3, -0.25) is 0 Å². The van der Waals surface area contributed by atoms with Crippen LogP contribution in [0.5, 0.6) is 0 Å². The van der Waals surface area contributed by atoms with E-state index in [9.17, 15) is 0 Å². The molecule has 2 nitrogen and oxygen atoms in total. The van der Waals surface area contributed by atoms with Gasteiger partial charge in [0.05, 0.1) is 11.0 Å². The van der Waals surface area contributed by atoms with Crippen LogP contribution in [0.3, 0.4) is 0 Å². The van der Waals surface area contributed by atoms with Crippen molar-refractivity contribution in [2.24, 2.45) is 0 Å². The summed E-state index contributed by atoms with van der Waals surface area (Å²) in [6.07, 6.45) is 0. The van der Waals surface area contributed by atoms with Crippen molar-refractivity contribution >= 4 is 71.2 Å². The molecule has 68 heavy (non-hydrogen) atoms. The van der Waals surface area contributed by atoms with Gasteiger partial charge in [-0.2, -0.15) is 0 Å². The molecule has 0 aliphatic carbocycles. The van der Waals surface area contributed by atoms with Crippen molar-refractivity contribution < 1.29 is 0 Å². The topological polar surface area (TPSA) is 8.17 Å². The Balaban J connectivity index is 0.980. The van der Waals surface area contributed by atoms with Crippen molar-refractivity contribution in [3.05, 3.63) is 267 Å². The Morgan fingerprint density at radius 1 is 0.250 bits per heavy atom. The molecule has 318 valence electrons. The van der Waals surface area contributed by atoms with Crippen molar-refractivity contribution in [2.75, 3.05) is 4.90 Å². The molecule has 1 aromatic heterocycles. The smallest absolute Gasteiger partial charge is 0.0542 e. The van der Waals surface area contributed by atoms with E-state index in [-0.39, 0.29) is 0 Å². The van der Waals surface area contributed by atoms with E-state index in [1.807, 2.05) is 0 Å². The number of rotatable bonds is 8. The van der Waals surface area contributed by atoms with E-state index in [0.29, 0.717) is 0 Å². The van der Waals surface area contributed by atoms with E-state index in [4.69, 9.17) is 0 Å². The lowest BCUT2D eigenvalue weighted by atomic mass is 9.84. The molecule has 0 aliphatic heterocycles. The average molecular weight is 865 g/mol. The number of aromatic nitrogens is 1. The fraction of sp³-hybridized carbons (Fsp3) is 0. The van der Waals surface area contributed by atoms with Gasteiger partial charge in [0.2, 0.25) is 0 Å². The summed E-state index contributed by atoms with van der Waals surface area (Å²) in [4.78, 5) is 2.41. The highest BCUT2D eigenvalue weighted by atomic mass is 15.1. The summed E-state index contributed by atoms with van der Waals surface area (Å²) in [6, 6.07) is 97.4. The minimum Gasteiger partial charge on any atom is -0.310 e. The van der Waals surface area contributed by atoms with Crippen molar-refractivity contribution in [1.29, 1.82) is 0 Å². The quantitative estimate of drug-likeness (QED) is 0.138. The molecule has 0 N–H and O–H groups in total. The molecule has 0 saturated carbocycles. The molecule has 0 bridgehead atoms. The van der Waals surface area contributed by atoms with Crippen molar-refractivity contribution in [3.63, 3.8) is 0 Å². The molecule has 13 rings (SSSR count). The van der Waals surface area contributed by atoms with Crippen molar-refractivity contribution in [2.45, 2.75) is 0 Å². The first-order valence-electron chi connectivity index (χ1n) is 23.4. The minimum atomic E-state index is 1.08. The second-order valence-corrected chi connectivity index (χ2v) is 17.6. The monoisotopic (exact) mass is 864 g/mol. The Hall–Kier alpha value is -8.98. The van der Waals surface area contributed by atoms with Gasteiger partial charge < -0.3 is 9.47 Å². The van der Waals surface area contributed by atoms with Crippen LogP contribution in [0.15, 0.2) is 267 Å². The molecule has 0 radical (unpaired) electrons. The first-order valence-corrected chi connectivity index (χ1v) is 23.4. The lowest BCUT2D eigenvalue weighted by Gasteiger charge is -2.26.